The summed E-state index contributed by atoms with van der Waals surface area (Å²) in [6.45, 7) is 1.40. The van der Waals surface area contributed by atoms with Crippen LogP contribution in [0.1, 0.15) is 22.8 Å². The van der Waals surface area contributed by atoms with Crippen molar-refractivity contribution in [1.82, 2.24) is 5.43 Å². The van der Waals surface area contributed by atoms with E-state index in [0.29, 0.717) is 11.3 Å². The maximum atomic E-state index is 11.9. The molecule has 0 fully saturated rings. The van der Waals surface area contributed by atoms with Gasteiger partial charge in [-0.1, -0.05) is 6.07 Å². The molecule has 2 aromatic carbocycles. The van der Waals surface area contributed by atoms with E-state index >= 15 is 0 Å². The molecule has 6 heteroatoms. The summed E-state index contributed by atoms with van der Waals surface area (Å²) in [6, 6.07) is 12.9. The van der Waals surface area contributed by atoms with Gasteiger partial charge in [-0.25, -0.2) is 5.43 Å². The number of rotatable bonds is 4. The van der Waals surface area contributed by atoms with Crippen LogP contribution >= 0.6 is 0 Å². The van der Waals surface area contributed by atoms with Crippen LogP contribution in [-0.2, 0) is 4.79 Å². The van der Waals surface area contributed by atoms with Gasteiger partial charge in [0.1, 0.15) is 5.75 Å². The number of benzene rings is 2. The van der Waals surface area contributed by atoms with Crippen molar-refractivity contribution >= 4 is 23.7 Å². The van der Waals surface area contributed by atoms with Crippen molar-refractivity contribution in [3.63, 3.8) is 0 Å². The van der Waals surface area contributed by atoms with Gasteiger partial charge in [-0.2, -0.15) is 5.10 Å². The van der Waals surface area contributed by atoms with Gasteiger partial charge in [0.15, 0.2) is 0 Å². The van der Waals surface area contributed by atoms with Gasteiger partial charge in [0, 0.05) is 18.2 Å². The Balaban J connectivity index is 2.00. The minimum absolute atomic E-state index is 0.163. The molecule has 2 amide bonds. The van der Waals surface area contributed by atoms with Crippen molar-refractivity contribution in [2.75, 3.05) is 5.32 Å². The Morgan fingerprint density at radius 2 is 1.86 bits per heavy atom. The number of amides is 2. The molecule has 0 atom stereocenters. The second kappa shape index (κ2) is 7.03. The first-order valence-electron chi connectivity index (χ1n) is 6.55. The topological polar surface area (TPSA) is 90.8 Å². The number of phenolic OH excluding ortho intramolecular Hbond substituents is 1. The molecule has 22 heavy (non-hydrogen) atoms. The minimum Gasteiger partial charge on any atom is -0.508 e. The molecule has 0 radical (unpaired) electrons. The fourth-order valence-corrected chi connectivity index (χ4v) is 1.73. The zero-order chi connectivity index (χ0) is 15.9. The summed E-state index contributed by atoms with van der Waals surface area (Å²) in [5.74, 6) is -0.430. The van der Waals surface area contributed by atoms with Crippen LogP contribution in [0.15, 0.2) is 53.6 Å². The van der Waals surface area contributed by atoms with Crippen LogP contribution in [0.2, 0.25) is 0 Å². The third kappa shape index (κ3) is 4.45. The van der Waals surface area contributed by atoms with E-state index in [9.17, 15) is 9.59 Å². The lowest BCUT2D eigenvalue weighted by atomic mass is 10.2. The maximum absolute atomic E-state index is 11.9. The van der Waals surface area contributed by atoms with Gasteiger partial charge < -0.3 is 10.4 Å². The number of nitrogens with one attached hydrogen (secondary N) is 2. The molecular formula is C16H15N3O3. The number of hydrogen-bond acceptors (Lipinski definition) is 4. The third-order valence-corrected chi connectivity index (χ3v) is 2.72. The number of carbonyl (C=O) groups is 2. The third-order valence-electron chi connectivity index (χ3n) is 2.72. The average molecular weight is 297 g/mol. The second-order valence-electron chi connectivity index (χ2n) is 4.55. The lowest BCUT2D eigenvalue weighted by Crippen LogP contribution is -2.18. The Morgan fingerprint density at radius 3 is 2.55 bits per heavy atom. The highest BCUT2D eigenvalue weighted by Crippen LogP contribution is 2.10. The number of carbonyl (C=O) groups excluding carboxylic acids is 2. The van der Waals surface area contributed by atoms with Crippen LogP contribution in [0.25, 0.3) is 0 Å². The zero-order valence-corrected chi connectivity index (χ0v) is 11.9. The largest absolute Gasteiger partial charge is 0.508 e. The molecule has 0 heterocycles. The molecule has 0 spiro atoms. The molecule has 112 valence electrons. The summed E-state index contributed by atoms with van der Waals surface area (Å²) in [4.78, 5) is 22.9. The fourth-order valence-electron chi connectivity index (χ4n) is 1.73. The number of nitrogens with zero attached hydrogens (tertiary/aromatic N) is 1. The minimum atomic E-state index is -0.387. The van der Waals surface area contributed by atoms with Crippen LogP contribution in [0.3, 0.4) is 0 Å². The van der Waals surface area contributed by atoms with E-state index in [1.54, 1.807) is 36.4 Å². The standard InChI is InChI=1S/C16H15N3O3/c1-11(20)18-14-4-2-3-13(9-14)16(22)19-17-10-12-5-7-15(21)8-6-12/h2-10,21H,1H3,(H,18,20)(H,19,22)/b17-10-. The summed E-state index contributed by atoms with van der Waals surface area (Å²) in [5.41, 5.74) is 4.07. The first-order valence-corrected chi connectivity index (χ1v) is 6.55. The molecule has 3 N–H and O–H groups in total. The number of phenols is 1. The Hall–Kier alpha value is -3.15. The van der Waals surface area contributed by atoms with Gasteiger partial charge in [-0.05, 0) is 48.0 Å². The number of hydrazone groups is 1. The van der Waals surface area contributed by atoms with Gasteiger partial charge >= 0.3 is 0 Å². The number of hydrogen-bond donors (Lipinski definition) is 3. The number of aromatic hydroxyl groups is 1. The normalized spacial score (nSPS) is 10.4. The SMILES string of the molecule is CC(=O)Nc1cccc(C(=O)N/N=C\c2ccc(O)cc2)c1. The molecule has 2 aromatic rings. The zero-order valence-electron chi connectivity index (χ0n) is 11.9. The summed E-state index contributed by atoms with van der Waals surface area (Å²) >= 11 is 0. The fraction of sp³-hybridized carbons (Fsp3) is 0.0625. The van der Waals surface area contributed by atoms with Crippen LogP contribution < -0.4 is 10.7 Å². The van der Waals surface area contributed by atoms with E-state index in [4.69, 9.17) is 5.11 Å². The molecular weight excluding hydrogens is 282 g/mol. The van der Waals surface area contributed by atoms with Crippen molar-refractivity contribution < 1.29 is 14.7 Å². The van der Waals surface area contributed by atoms with Gasteiger partial charge in [-0.3, -0.25) is 9.59 Å². The Morgan fingerprint density at radius 1 is 1.14 bits per heavy atom. The lowest BCUT2D eigenvalue weighted by Gasteiger charge is -2.04. The molecule has 0 aliphatic heterocycles. The first kappa shape index (κ1) is 15.2. The molecule has 0 aliphatic rings. The molecule has 6 nitrogen and oxygen atoms in total. The quantitative estimate of drug-likeness (QED) is 0.596. The predicted molar refractivity (Wildman–Crippen MR) is 83.9 cm³/mol. The van der Waals surface area contributed by atoms with Crippen molar-refractivity contribution in [2.24, 2.45) is 5.10 Å². The van der Waals surface area contributed by atoms with Gasteiger partial charge in [0.25, 0.3) is 5.91 Å². The van der Waals surface area contributed by atoms with E-state index in [1.807, 2.05) is 0 Å². The van der Waals surface area contributed by atoms with Crippen LogP contribution in [0.4, 0.5) is 5.69 Å². The van der Waals surface area contributed by atoms with Gasteiger partial charge in [-0.15, -0.1) is 0 Å². The summed E-state index contributed by atoms with van der Waals surface area (Å²) < 4.78 is 0. The first-order chi connectivity index (χ1) is 10.5. The van der Waals surface area contributed by atoms with Crippen molar-refractivity contribution in [1.29, 1.82) is 0 Å². The van der Waals surface area contributed by atoms with E-state index in [-0.39, 0.29) is 17.6 Å². The highest BCUT2D eigenvalue weighted by atomic mass is 16.3. The Kier molecular flexibility index (Phi) is 4.87. The summed E-state index contributed by atoms with van der Waals surface area (Å²) in [5, 5.41) is 15.6. The van der Waals surface area contributed by atoms with Crippen LogP contribution in [-0.4, -0.2) is 23.1 Å². The van der Waals surface area contributed by atoms with Crippen LogP contribution in [0.5, 0.6) is 5.75 Å². The second-order valence-corrected chi connectivity index (χ2v) is 4.55. The summed E-state index contributed by atoms with van der Waals surface area (Å²) in [7, 11) is 0. The summed E-state index contributed by atoms with van der Waals surface area (Å²) in [6.07, 6.45) is 1.47. The smallest absolute Gasteiger partial charge is 0.271 e. The van der Waals surface area contributed by atoms with Crippen molar-refractivity contribution in [3.8, 4) is 5.75 Å². The van der Waals surface area contributed by atoms with Gasteiger partial charge in [0.05, 0.1) is 6.21 Å². The monoisotopic (exact) mass is 297 g/mol. The van der Waals surface area contributed by atoms with E-state index < -0.39 is 0 Å². The molecule has 0 saturated heterocycles. The molecule has 0 saturated carbocycles. The molecule has 0 unspecified atom stereocenters. The Bertz CT molecular complexity index is 709. The highest BCUT2D eigenvalue weighted by molar-refractivity contribution is 5.97. The van der Waals surface area contributed by atoms with E-state index in [2.05, 4.69) is 15.8 Å². The van der Waals surface area contributed by atoms with Gasteiger partial charge in [0.2, 0.25) is 5.91 Å². The van der Waals surface area contributed by atoms with Crippen LogP contribution in [0, 0.1) is 0 Å². The van der Waals surface area contributed by atoms with E-state index in [1.165, 1.54) is 25.3 Å². The molecule has 2 rings (SSSR count). The maximum Gasteiger partial charge on any atom is 0.271 e. The van der Waals surface area contributed by atoms with E-state index in [0.717, 1.165) is 5.56 Å². The van der Waals surface area contributed by atoms with Crippen molar-refractivity contribution in [2.45, 2.75) is 6.92 Å². The average Bonchev–Trinajstić information content (AvgIpc) is 2.49. The lowest BCUT2D eigenvalue weighted by molar-refractivity contribution is -0.114. The molecule has 0 bridgehead atoms. The highest BCUT2D eigenvalue weighted by Gasteiger charge is 2.05. The molecule has 0 aromatic heterocycles. The Labute approximate surface area is 127 Å². The number of anilines is 1. The molecule has 0 aliphatic carbocycles. The predicted octanol–water partition coefficient (Wildman–Crippen LogP) is 2.11. The van der Waals surface area contributed by atoms with Crippen molar-refractivity contribution in [3.05, 3.63) is 59.7 Å².